The van der Waals surface area contributed by atoms with Gasteiger partial charge >= 0.3 is 5.97 Å². The van der Waals surface area contributed by atoms with Crippen LogP contribution in [0.4, 0.5) is 0 Å². The first kappa shape index (κ1) is 11.7. The Balaban J connectivity index is 2.24. The highest BCUT2D eigenvalue weighted by atomic mass is 79.9. The fourth-order valence-corrected chi connectivity index (χ4v) is 1.70. The lowest BCUT2D eigenvalue weighted by Gasteiger charge is -1.97. The molecule has 0 N–H and O–H groups in total. The van der Waals surface area contributed by atoms with E-state index in [4.69, 9.17) is 0 Å². The van der Waals surface area contributed by atoms with Crippen molar-refractivity contribution in [1.82, 2.24) is 20.2 Å². The number of ether oxygens (including phenoxy) is 1. The molecule has 0 unspecified atom stereocenters. The van der Waals surface area contributed by atoms with Gasteiger partial charge in [-0.3, -0.25) is 0 Å². The SMILES string of the molecule is COC(=O)Cn1nnc(-c2ccccc2Br)n1. The van der Waals surface area contributed by atoms with Crippen molar-refractivity contribution in [2.45, 2.75) is 6.54 Å². The quantitative estimate of drug-likeness (QED) is 0.798. The largest absolute Gasteiger partial charge is 0.468 e. The Morgan fingerprint density at radius 3 is 2.94 bits per heavy atom. The summed E-state index contributed by atoms with van der Waals surface area (Å²) in [6, 6.07) is 7.52. The van der Waals surface area contributed by atoms with Crippen LogP contribution in [0.2, 0.25) is 0 Å². The van der Waals surface area contributed by atoms with E-state index in [0.29, 0.717) is 5.82 Å². The second kappa shape index (κ2) is 5.05. The normalized spacial score (nSPS) is 10.2. The molecule has 0 spiro atoms. The molecule has 0 fully saturated rings. The Morgan fingerprint density at radius 2 is 2.24 bits per heavy atom. The summed E-state index contributed by atoms with van der Waals surface area (Å²) in [7, 11) is 1.31. The van der Waals surface area contributed by atoms with Crippen molar-refractivity contribution in [3.05, 3.63) is 28.7 Å². The Bertz CT molecular complexity index is 541. The molecule has 0 amide bonds. The molecule has 88 valence electrons. The van der Waals surface area contributed by atoms with Crippen LogP contribution in [0.25, 0.3) is 11.4 Å². The molecule has 0 aliphatic rings. The number of esters is 1. The molecule has 0 saturated carbocycles. The smallest absolute Gasteiger partial charge is 0.329 e. The molecule has 1 aromatic heterocycles. The highest BCUT2D eigenvalue weighted by molar-refractivity contribution is 9.10. The molecular weight excluding hydrogens is 288 g/mol. The van der Waals surface area contributed by atoms with Gasteiger partial charge in [-0.05, 0) is 17.3 Å². The fraction of sp³-hybridized carbons (Fsp3) is 0.200. The maximum atomic E-state index is 11.0. The molecule has 7 heteroatoms. The molecule has 0 atom stereocenters. The van der Waals surface area contributed by atoms with E-state index in [9.17, 15) is 4.79 Å². The number of carbonyl (C=O) groups excluding carboxylic acids is 1. The summed E-state index contributed by atoms with van der Waals surface area (Å²) in [4.78, 5) is 12.2. The average Bonchev–Trinajstić information content (AvgIpc) is 2.78. The molecule has 0 radical (unpaired) electrons. The zero-order chi connectivity index (χ0) is 12.3. The second-order valence-corrected chi connectivity index (χ2v) is 4.05. The molecular formula is C10H9BrN4O2. The van der Waals surface area contributed by atoms with Crippen molar-refractivity contribution >= 4 is 21.9 Å². The van der Waals surface area contributed by atoms with Gasteiger partial charge in [-0.15, -0.1) is 10.2 Å². The zero-order valence-electron chi connectivity index (χ0n) is 9.00. The Kier molecular flexibility index (Phi) is 3.48. The first-order chi connectivity index (χ1) is 8.20. The van der Waals surface area contributed by atoms with Gasteiger partial charge in [0.25, 0.3) is 0 Å². The number of rotatable bonds is 3. The lowest BCUT2D eigenvalue weighted by atomic mass is 10.2. The molecule has 6 nitrogen and oxygen atoms in total. The topological polar surface area (TPSA) is 69.9 Å². The van der Waals surface area contributed by atoms with Gasteiger partial charge in [-0.2, -0.15) is 4.80 Å². The van der Waals surface area contributed by atoms with Crippen molar-refractivity contribution < 1.29 is 9.53 Å². The number of methoxy groups -OCH3 is 1. The van der Waals surface area contributed by atoms with Crippen molar-refractivity contribution in [2.75, 3.05) is 7.11 Å². The number of aromatic nitrogens is 4. The van der Waals surface area contributed by atoms with Crippen molar-refractivity contribution in [3.63, 3.8) is 0 Å². The molecule has 1 heterocycles. The first-order valence-electron chi connectivity index (χ1n) is 4.80. The van der Waals surface area contributed by atoms with Gasteiger partial charge in [0.2, 0.25) is 5.82 Å². The number of benzene rings is 1. The monoisotopic (exact) mass is 296 g/mol. The minimum Gasteiger partial charge on any atom is -0.468 e. The van der Waals surface area contributed by atoms with Gasteiger partial charge in [-0.1, -0.05) is 28.1 Å². The van der Waals surface area contributed by atoms with Crippen LogP contribution in [0.5, 0.6) is 0 Å². The van der Waals surface area contributed by atoms with Gasteiger partial charge in [0.1, 0.15) is 0 Å². The summed E-state index contributed by atoms with van der Waals surface area (Å²) in [5.74, 6) is 0.0439. The average molecular weight is 297 g/mol. The van der Waals surface area contributed by atoms with E-state index < -0.39 is 5.97 Å². The van der Waals surface area contributed by atoms with E-state index in [1.807, 2.05) is 24.3 Å². The van der Waals surface area contributed by atoms with E-state index in [1.54, 1.807) is 0 Å². The van der Waals surface area contributed by atoms with Crippen molar-refractivity contribution in [3.8, 4) is 11.4 Å². The number of hydrogen-bond acceptors (Lipinski definition) is 5. The summed E-state index contributed by atoms with van der Waals surface area (Å²) < 4.78 is 5.39. The van der Waals surface area contributed by atoms with Gasteiger partial charge in [0.05, 0.1) is 7.11 Å². The lowest BCUT2D eigenvalue weighted by Crippen LogP contribution is -2.14. The van der Waals surface area contributed by atoms with Crippen LogP contribution in [0, 0.1) is 0 Å². The maximum absolute atomic E-state index is 11.0. The Morgan fingerprint density at radius 1 is 1.47 bits per heavy atom. The summed E-state index contributed by atoms with van der Waals surface area (Å²) in [5.41, 5.74) is 0.823. The molecule has 0 bridgehead atoms. The van der Waals surface area contributed by atoms with Crippen LogP contribution in [0.1, 0.15) is 0 Å². The van der Waals surface area contributed by atoms with E-state index in [2.05, 4.69) is 36.1 Å². The third kappa shape index (κ3) is 2.68. The second-order valence-electron chi connectivity index (χ2n) is 3.20. The minimum absolute atomic E-state index is 0.0477. The third-order valence-electron chi connectivity index (χ3n) is 2.07. The van der Waals surface area contributed by atoms with E-state index in [1.165, 1.54) is 11.9 Å². The van der Waals surface area contributed by atoms with Crippen LogP contribution in [0.3, 0.4) is 0 Å². The molecule has 0 saturated heterocycles. The molecule has 1 aromatic carbocycles. The standard InChI is InChI=1S/C10H9BrN4O2/c1-17-9(16)6-15-13-10(12-14-15)7-4-2-3-5-8(7)11/h2-5H,6H2,1H3. The molecule has 0 aliphatic heterocycles. The maximum Gasteiger partial charge on any atom is 0.329 e. The predicted molar refractivity (Wildman–Crippen MR) is 63.0 cm³/mol. The van der Waals surface area contributed by atoms with Gasteiger partial charge in [-0.25, -0.2) is 4.79 Å². The highest BCUT2D eigenvalue weighted by Crippen LogP contribution is 2.23. The van der Waals surface area contributed by atoms with Crippen molar-refractivity contribution in [1.29, 1.82) is 0 Å². The van der Waals surface area contributed by atoms with Gasteiger partial charge in [0, 0.05) is 10.0 Å². The van der Waals surface area contributed by atoms with Crippen molar-refractivity contribution in [2.24, 2.45) is 0 Å². The third-order valence-corrected chi connectivity index (χ3v) is 2.76. The lowest BCUT2D eigenvalue weighted by molar-refractivity contribution is -0.141. The number of tetrazole rings is 1. The number of halogens is 1. The molecule has 2 aromatic rings. The van der Waals surface area contributed by atoms with Gasteiger partial charge < -0.3 is 4.74 Å². The highest BCUT2D eigenvalue weighted by Gasteiger charge is 2.10. The fourth-order valence-electron chi connectivity index (χ4n) is 1.24. The number of nitrogens with zero attached hydrogens (tertiary/aromatic N) is 4. The molecule has 0 aliphatic carbocycles. The Labute approximate surface area is 106 Å². The summed E-state index contributed by atoms with van der Waals surface area (Å²) in [5, 5.41) is 11.7. The van der Waals surface area contributed by atoms with Crippen LogP contribution >= 0.6 is 15.9 Å². The van der Waals surface area contributed by atoms with Crippen LogP contribution in [0.15, 0.2) is 28.7 Å². The predicted octanol–water partition coefficient (Wildman–Crippen LogP) is 1.28. The number of carbonyl (C=O) groups is 1. The van der Waals surface area contributed by atoms with Crippen LogP contribution in [-0.2, 0) is 16.1 Å². The van der Waals surface area contributed by atoms with Gasteiger partial charge in [0.15, 0.2) is 6.54 Å². The zero-order valence-corrected chi connectivity index (χ0v) is 10.6. The summed E-state index contributed by atoms with van der Waals surface area (Å²) >= 11 is 3.40. The summed E-state index contributed by atoms with van der Waals surface area (Å²) in [6.07, 6.45) is 0. The minimum atomic E-state index is -0.416. The first-order valence-corrected chi connectivity index (χ1v) is 5.59. The molecule has 17 heavy (non-hydrogen) atoms. The van der Waals surface area contributed by atoms with E-state index in [-0.39, 0.29) is 6.54 Å². The molecule has 2 rings (SSSR count). The number of hydrogen-bond donors (Lipinski definition) is 0. The van der Waals surface area contributed by atoms with Crippen LogP contribution < -0.4 is 0 Å². The van der Waals surface area contributed by atoms with E-state index >= 15 is 0 Å². The van der Waals surface area contributed by atoms with E-state index in [0.717, 1.165) is 10.0 Å². The van der Waals surface area contributed by atoms with Crippen LogP contribution in [-0.4, -0.2) is 33.3 Å². The summed E-state index contributed by atoms with van der Waals surface area (Å²) in [6.45, 7) is -0.0477. The Hall–Kier alpha value is -1.76.